The molecule has 0 rings (SSSR count). The predicted octanol–water partition coefficient (Wildman–Crippen LogP) is 2.87. The molecule has 10 heavy (non-hydrogen) atoms. The summed E-state index contributed by atoms with van der Waals surface area (Å²) in [4.78, 5) is 0. The number of hydrogen-bond donors (Lipinski definition) is 0. The number of ether oxygens (including phenoxy) is 1. The van der Waals surface area contributed by atoms with E-state index in [4.69, 9.17) is 4.74 Å². The van der Waals surface area contributed by atoms with Crippen molar-refractivity contribution in [3.63, 3.8) is 0 Å². The summed E-state index contributed by atoms with van der Waals surface area (Å²) in [6, 6.07) is 0. The standard InChI is InChI=1S/C9H19O/c1-8(2)6-10-7-9(3,4)5/h6,8H,7H2,1-5H3. The van der Waals surface area contributed by atoms with Gasteiger partial charge in [-0.05, 0) is 11.3 Å². The topological polar surface area (TPSA) is 9.23 Å². The monoisotopic (exact) mass is 143 g/mol. The van der Waals surface area contributed by atoms with Gasteiger partial charge >= 0.3 is 0 Å². The van der Waals surface area contributed by atoms with Gasteiger partial charge in [-0.25, -0.2) is 0 Å². The smallest absolute Gasteiger partial charge is 0.0862 e. The zero-order valence-corrected chi connectivity index (χ0v) is 7.77. The normalized spacial score (nSPS) is 12.6. The highest BCUT2D eigenvalue weighted by Gasteiger charge is 2.09. The van der Waals surface area contributed by atoms with Gasteiger partial charge in [-0.2, -0.15) is 0 Å². The maximum atomic E-state index is 5.33. The van der Waals surface area contributed by atoms with E-state index in [1.165, 1.54) is 0 Å². The van der Waals surface area contributed by atoms with Gasteiger partial charge in [0.05, 0.1) is 13.2 Å². The van der Waals surface area contributed by atoms with E-state index in [0.717, 1.165) is 6.61 Å². The van der Waals surface area contributed by atoms with Crippen molar-refractivity contribution in [2.24, 2.45) is 11.3 Å². The second kappa shape index (κ2) is 3.97. The average Bonchev–Trinajstić information content (AvgIpc) is 1.59. The van der Waals surface area contributed by atoms with Crippen molar-refractivity contribution in [2.45, 2.75) is 34.6 Å². The first kappa shape index (κ1) is 9.96. The van der Waals surface area contributed by atoms with Crippen molar-refractivity contribution in [1.82, 2.24) is 0 Å². The van der Waals surface area contributed by atoms with Crippen LogP contribution in [0.15, 0.2) is 0 Å². The SMILES string of the molecule is CC(C)[CH]OCC(C)(C)C. The van der Waals surface area contributed by atoms with Gasteiger partial charge in [-0.15, -0.1) is 0 Å². The molecule has 0 aliphatic heterocycles. The molecule has 0 amide bonds. The molecule has 0 bridgehead atoms. The van der Waals surface area contributed by atoms with E-state index in [-0.39, 0.29) is 5.41 Å². The van der Waals surface area contributed by atoms with E-state index in [9.17, 15) is 0 Å². The fraction of sp³-hybridized carbons (Fsp3) is 0.889. The van der Waals surface area contributed by atoms with Gasteiger partial charge in [0.15, 0.2) is 0 Å². The van der Waals surface area contributed by atoms with Crippen molar-refractivity contribution < 1.29 is 4.74 Å². The molecule has 0 heterocycles. The van der Waals surface area contributed by atoms with Gasteiger partial charge < -0.3 is 4.74 Å². The highest BCUT2D eigenvalue weighted by Crippen LogP contribution is 2.14. The van der Waals surface area contributed by atoms with Crippen LogP contribution in [-0.4, -0.2) is 6.61 Å². The van der Waals surface area contributed by atoms with Gasteiger partial charge in [0.1, 0.15) is 0 Å². The maximum absolute atomic E-state index is 5.33. The van der Waals surface area contributed by atoms with E-state index >= 15 is 0 Å². The van der Waals surface area contributed by atoms with Crippen LogP contribution in [0.1, 0.15) is 34.6 Å². The Morgan fingerprint density at radius 1 is 1.30 bits per heavy atom. The molecule has 0 fully saturated rings. The van der Waals surface area contributed by atoms with Crippen LogP contribution >= 0.6 is 0 Å². The summed E-state index contributed by atoms with van der Waals surface area (Å²) in [6.45, 7) is 13.4. The van der Waals surface area contributed by atoms with E-state index in [2.05, 4.69) is 34.6 Å². The molecule has 0 aromatic rings. The Hall–Kier alpha value is -0.0400. The molecule has 0 atom stereocenters. The molecule has 0 saturated carbocycles. The lowest BCUT2D eigenvalue weighted by molar-refractivity contribution is 0.103. The van der Waals surface area contributed by atoms with Crippen LogP contribution < -0.4 is 0 Å². The molecule has 0 aromatic heterocycles. The minimum absolute atomic E-state index is 0.283. The first-order valence-electron chi connectivity index (χ1n) is 3.87. The van der Waals surface area contributed by atoms with Crippen LogP contribution in [-0.2, 0) is 4.74 Å². The molecule has 0 aromatic carbocycles. The number of rotatable bonds is 3. The third-order valence-electron chi connectivity index (χ3n) is 0.885. The molecule has 0 spiro atoms. The minimum atomic E-state index is 0.283. The summed E-state index contributed by atoms with van der Waals surface area (Å²) in [5, 5.41) is 0. The van der Waals surface area contributed by atoms with E-state index in [0.29, 0.717) is 5.92 Å². The Kier molecular flexibility index (Phi) is 3.95. The van der Waals surface area contributed by atoms with Crippen molar-refractivity contribution >= 4 is 0 Å². The lowest BCUT2D eigenvalue weighted by Gasteiger charge is -2.18. The Labute approximate surface area is 64.8 Å². The van der Waals surface area contributed by atoms with Crippen LogP contribution in [0.4, 0.5) is 0 Å². The third-order valence-corrected chi connectivity index (χ3v) is 0.885. The molecule has 0 N–H and O–H groups in total. The van der Waals surface area contributed by atoms with Gasteiger partial charge in [-0.3, -0.25) is 0 Å². The molecule has 1 radical (unpaired) electrons. The molecular weight excluding hydrogens is 124 g/mol. The zero-order chi connectivity index (χ0) is 8.20. The van der Waals surface area contributed by atoms with Gasteiger partial charge in [-0.1, -0.05) is 34.6 Å². The van der Waals surface area contributed by atoms with Crippen LogP contribution in [0.5, 0.6) is 0 Å². The molecule has 1 heteroatoms. The maximum Gasteiger partial charge on any atom is 0.0862 e. The molecule has 0 unspecified atom stereocenters. The molecule has 61 valence electrons. The average molecular weight is 143 g/mol. The van der Waals surface area contributed by atoms with E-state index < -0.39 is 0 Å². The van der Waals surface area contributed by atoms with Crippen molar-refractivity contribution in [3.8, 4) is 0 Å². The first-order chi connectivity index (χ1) is 4.42. The largest absolute Gasteiger partial charge is 0.375 e. The van der Waals surface area contributed by atoms with E-state index in [1.807, 2.05) is 6.61 Å². The Morgan fingerprint density at radius 3 is 2.10 bits per heavy atom. The zero-order valence-electron chi connectivity index (χ0n) is 7.77. The van der Waals surface area contributed by atoms with Crippen LogP contribution in [0.25, 0.3) is 0 Å². The first-order valence-corrected chi connectivity index (χ1v) is 3.87. The van der Waals surface area contributed by atoms with E-state index in [1.54, 1.807) is 0 Å². The summed E-state index contributed by atoms with van der Waals surface area (Å²) >= 11 is 0. The lowest BCUT2D eigenvalue weighted by atomic mass is 9.99. The molecular formula is C9H19O. The summed E-state index contributed by atoms with van der Waals surface area (Å²) in [5.41, 5.74) is 0.283. The van der Waals surface area contributed by atoms with Crippen molar-refractivity contribution in [1.29, 1.82) is 0 Å². The van der Waals surface area contributed by atoms with Gasteiger partial charge in [0, 0.05) is 0 Å². The third kappa shape index (κ3) is 7.96. The van der Waals surface area contributed by atoms with Crippen LogP contribution in [0.2, 0.25) is 0 Å². The van der Waals surface area contributed by atoms with Crippen LogP contribution in [0, 0.1) is 17.9 Å². The number of hydrogen-bond acceptors (Lipinski definition) is 1. The Balaban J connectivity index is 3.21. The Morgan fingerprint density at radius 2 is 1.80 bits per heavy atom. The fourth-order valence-electron chi connectivity index (χ4n) is 0.491. The second-order valence-corrected chi connectivity index (χ2v) is 4.25. The molecule has 1 nitrogen and oxygen atoms in total. The molecule has 0 aliphatic carbocycles. The fourth-order valence-corrected chi connectivity index (χ4v) is 0.491. The highest BCUT2D eigenvalue weighted by molar-refractivity contribution is 4.62. The van der Waals surface area contributed by atoms with Gasteiger partial charge in [0.25, 0.3) is 0 Å². The lowest BCUT2D eigenvalue weighted by Crippen LogP contribution is -2.14. The van der Waals surface area contributed by atoms with Gasteiger partial charge in [0.2, 0.25) is 0 Å². The summed E-state index contributed by atoms with van der Waals surface area (Å²) < 4.78 is 5.33. The summed E-state index contributed by atoms with van der Waals surface area (Å²) in [5.74, 6) is 0.530. The Bertz CT molecular complexity index is 79.2. The van der Waals surface area contributed by atoms with Crippen LogP contribution in [0.3, 0.4) is 0 Å². The summed E-state index contributed by atoms with van der Waals surface area (Å²) in [7, 11) is 0. The quantitative estimate of drug-likeness (QED) is 0.590. The highest BCUT2D eigenvalue weighted by atomic mass is 16.5. The summed E-state index contributed by atoms with van der Waals surface area (Å²) in [6.07, 6.45) is 0. The predicted molar refractivity (Wildman–Crippen MR) is 44.5 cm³/mol. The second-order valence-electron chi connectivity index (χ2n) is 4.25. The molecule has 0 saturated heterocycles. The molecule has 0 aliphatic rings. The van der Waals surface area contributed by atoms with Crippen molar-refractivity contribution in [3.05, 3.63) is 6.61 Å². The van der Waals surface area contributed by atoms with Crippen molar-refractivity contribution in [2.75, 3.05) is 6.61 Å². The minimum Gasteiger partial charge on any atom is -0.375 e.